The van der Waals surface area contributed by atoms with Crippen LogP contribution >= 0.6 is 22.9 Å². The number of morpholine rings is 1. The molecule has 4 aromatic heterocycles. The Hall–Kier alpha value is -3.48. The van der Waals surface area contributed by atoms with Crippen molar-refractivity contribution in [2.75, 3.05) is 56.7 Å². The third kappa shape index (κ3) is 5.92. The molecule has 5 rings (SSSR count). The third-order valence-corrected chi connectivity index (χ3v) is 6.84. The highest BCUT2D eigenvalue weighted by Gasteiger charge is 2.23. The highest BCUT2D eigenvalue weighted by molar-refractivity contribution is 14.1. The number of hydrogen-bond acceptors (Lipinski definition) is 12. The van der Waals surface area contributed by atoms with Crippen molar-refractivity contribution < 1.29 is 14.7 Å². The maximum absolute atomic E-state index is 11.6. The normalized spacial score (nSPS) is 13.8. The van der Waals surface area contributed by atoms with E-state index in [-0.39, 0.29) is 5.56 Å². The molecule has 16 heteroatoms. The number of nitrogens with zero attached hydrogens (tertiary/aromatic N) is 11. The molecule has 0 aliphatic carbocycles. The summed E-state index contributed by atoms with van der Waals surface area (Å²) in [6.07, 6.45) is 6.46. The van der Waals surface area contributed by atoms with E-state index in [1.54, 1.807) is 11.7 Å². The molecule has 1 aliphatic rings. The van der Waals surface area contributed by atoms with Gasteiger partial charge in [0.15, 0.2) is 22.8 Å². The van der Waals surface area contributed by atoms with Gasteiger partial charge >= 0.3 is 0 Å². The standard InChI is InChI=1S/C23H29IN12O3/c1-32(23-25-10-15(11-26-23)22(37)31-38)14-17-28-18-20(34(17)3)29-19(30-21(18)35-6-8-39-9-7-35)16-12-27-36(13-16)5-4-33(2)24/h10-13,38H,4-9,14H2,1-3H3,(H,31,37). The fourth-order valence-corrected chi connectivity index (χ4v) is 4.40. The molecular weight excluding hydrogens is 619 g/mol. The van der Waals surface area contributed by atoms with Gasteiger partial charge in [0.1, 0.15) is 5.82 Å². The number of anilines is 2. The Balaban J connectivity index is 1.48. The van der Waals surface area contributed by atoms with Crippen molar-refractivity contribution in [3.05, 3.63) is 36.2 Å². The van der Waals surface area contributed by atoms with Crippen molar-refractivity contribution in [2.45, 2.75) is 13.1 Å². The number of carbonyl (C=O) groups is 1. The van der Waals surface area contributed by atoms with E-state index >= 15 is 0 Å². The Kier molecular flexibility index (Phi) is 8.15. The van der Waals surface area contributed by atoms with Gasteiger partial charge in [0.25, 0.3) is 5.91 Å². The number of halogens is 1. The zero-order valence-corrected chi connectivity index (χ0v) is 24.0. The van der Waals surface area contributed by atoms with Crippen LogP contribution < -0.4 is 15.3 Å². The maximum atomic E-state index is 11.6. The SMILES string of the molecule is CN(I)CCn1cc(-c2nc(N3CCOCC3)c3nc(CN(C)c4ncc(C(=O)NO)cn4)n(C)c3n2)cn1. The van der Waals surface area contributed by atoms with Crippen LogP contribution in [0.3, 0.4) is 0 Å². The van der Waals surface area contributed by atoms with E-state index in [1.165, 1.54) is 12.4 Å². The molecule has 4 aromatic rings. The zero-order valence-electron chi connectivity index (χ0n) is 21.8. The minimum atomic E-state index is -0.674. The number of aryl methyl sites for hydroxylation is 1. The van der Waals surface area contributed by atoms with E-state index in [0.717, 1.165) is 30.3 Å². The van der Waals surface area contributed by atoms with Gasteiger partial charge in [-0.05, 0) is 7.05 Å². The fourth-order valence-electron chi connectivity index (χ4n) is 4.18. The second-order valence-corrected chi connectivity index (χ2v) is 10.8. The largest absolute Gasteiger partial charge is 0.378 e. The van der Waals surface area contributed by atoms with Gasteiger partial charge in [0.05, 0.1) is 43.6 Å². The Bertz CT molecular complexity index is 1450. The smallest absolute Gasteiger partial charge is 0.277 e. The summed E-state index contributed by atoms with van der Waals surface area (Å²) in [6, 6.07) is 0. The summed E-state index contributed by atoms with van der Waals surface area (Å²) >= 11 is 2.25. The number of aromatic nitrogens is 8. The first-order valence-corrected chi connectivity index (χ1v) is 13.2. The van der Waals surface area contributed by atoms with Gasteiger partial charge in [-0.1, -0.05) is 0 Å². The molecule has 0 radical (unpaired) electrons. The van der Waals surface area contributed by atoms with Crippen LogP contribution in [0.25, 0.3) is 22.6 Å². The number of amides is 1. The highest BCUT2D eigenvalue weighted by atomic mass is 127. The molecule has 5 heterocycles. The van der Waals surface area contributed by atoms with Crippen LogP contribution in [0.15, 0.2) is 24.8 Å². The molecule has 0 spiro atoms. The molecule has 39 heavy (non-hydrogen) atoms. The Labute approximate surface area is 238 Å². The number of likely N-dealkylation sites (N-methyl/N-ethyl adjacent to an activating group) is 1. The van der Waals surface area contributed by atoms with Crippen molar-refractivity contribution in [3.63, 3.8) is 0 Å². The number of fused-ring (bicyclic) bond motifs is 1. The fraction of sp³-hybridized carbons (Fsp3) is 0.435. The molecule has 1 saturated heterocycles. The van der Waals surface area contributed by atoms with E-state index in [9.17, 15) is 4.79 Å². The van der Waals surface area contributed by atoms with Crippen molar-refractivity contribution >= 4 is 51.7 Å². The lowest BCUT2D eigenvalue weighted by Crippen LogP contribution is -2.37. The Morgan fingerprint density at radius 3 is 2.59 bits per heavy atom. The number of carbonyl (C=O) groups excluding carboxylic acids is 1. The van der Waals surface area contributed by atoms with Gasteiger partial charge in [-0.2, -0.15) is 5.10 Å². The molecule has 0 bridgehead atoms. The van der Waals surface area contributed by atoms with Crippen molar-refractivity contribution in [2.24, 2.45) is 7.05 Å². The van der Waals surface area contributed by atoms with Crippen LogP contribution in [0.4, 0.5) is 11.8 Å². The first-order valence-electron chi connectivity index (χ1n) is 12.3. The average Bonchev–Trinajstić information content (AvgIpc) is 3.56. The summed E-state index contributed by atoms with van der Waals surface area (Å²) in [6.45, 7) is 4.66. The molecule has 1 fully saturated rings. The van der Waals surface area contributed by atoms with Gasteiger partial charge in [-0.3, -0.25) is 14.7 Å². The lowest BCUT2D eigenvalue weighted by atomic mass is 10.3. The molecular formula is C23H29IN12O3. The molecule has 0 saturated carbocycles. The number of rotatable bonds is 9. The predicted octanol–water partition coefficient (Wildman–Crippen LogP) is 0.891. The molecule has 2 N–H and O–H groups in total. The summed E-state index contributed by atoms with van der Waals surface area (Å²) in [5, 5.41) is 13.3. The quantitative estimate of drug-likeness (QED) is 0.115. The molecule has 1 aliphatic heterocycles. The number of ether oxygens (including phenoxy) is 1. The maximum Gasteiger partial charge on any atom is 0.277 e. The van der Waals surface area contributed by atoms with Crippen LogP contribution in [0.2, 0.25) is 0 Å². The van der Waals surface area contributed by atoms with Crippen LogP contribution in [0, 0.1) is 0 Å². The Morgan fingerprint density at radius 1 is 1.15 bits per heavy atom. The first-order chi connectivity index (χ1) is 18.8. The molecule has 1 amide bonds. The highest BCUT2D eigenvalue weighted by Crippen LogP contribution is 2.28. The van der Waals surface area contributed by atoms with E-state index in [1.807, 2.05) is 41.5 Å². The van der Waals surface area contributed by atoms with Crippen LogP contribution in [-0.4, -0.2) is 100 Å². The Morgan fingerprint density at radius 2 is 1.90 bits per heavy atom. The summed E-state index contributed by atoms with van der Waals surface area (Å²) in [5.41, 5.74) is 3.98. The second kappa shape index (κ2) is 11.7. The summed E-state index contributed by atoms with van der Waals surface area (Å²) < 4.78 is 11.5. The van der Waals surface area contributed by atoms with Gasteiger partial charge in [0, 0.05) is 75.2 Å². The van der Waals surface area contributed by atoms with Gasteiger partial charge in [0.2, 0.25) is 5.95 Å². The van der Waals surface area contributed by atoms with Crippen molar-refractivity contribution in [1.29, 1.82) is 0 Å². The number of hydroxylamine groups is 1. The van der Waals surface area contributed by atoms with Crippen LogP contribution in [0.1, 0.15) is 16.2 Å². The lowest BCUT2D eigenvalue weighted by Gasteiger charge is -2.28. The van der Waals surface area contributed by atoms with Gasteiger partial charge in [-0.25, -0.2) is 33.5 Å². The van der Waals surface area contributed by atoms with Crippen molar-refractivity contribution in [1.82, 2.24) is 47.9 Å². The lowest BCUT2D eigenvalue weighted by molar-refractivity contribution is 0.0705. The van der Waals surface area contributed by atoms with Crippen LogP contribution in [0.5, 0.6) is 0 Å². The molecule has 0 unspecified atom stereocenters. The third-order valence-electron chi connectivity index (χ3n) is 6.35. The summed E-state index contributed by atoms with van der Waals surface area (Å²) in [5.74, 6) is 1.82. The van der Waals surface area contributed by atoms with E-state index in [0.29, 0.717) is 55.8 Å². The minimum absolute atomic E-state index is 0.153. The van der Waals surface area contributed by atoms with Crippen molar-refractivity contribution in [3.8, 4) is 11.4 Å². The predicted molar refractivity (Wildman–Crippen MR) is 151 cm³/mol. The topological polar surface area (TPSA) is 155 Å². The second-order valence-electron chi connectivity index (χ2n) is 9.12. The molecule has 206 valence electrons. The number of nitrogens with one attached hydrogen (secondary N) is 1. The monoisotopic (exact) mass is 648 g/mol. The minimum Gasteiger partial charge on any atom is -0.378 e. The first kappa shape index (κ1) is 27.1. The molecule has 0 atom stereocenters. The molecule has 0 aromatic carbocycles. The van der Waals surface area contributed by atoms with E-state index in [4.69, 9.17) is 24.9 Å². The van der Waals surface area contributed by atoms with Crippen LogP contribution in [-0.2, 0) is 24.9 Å². The van der Waals surface area contributed by atoms with E-state index in [2.05, 4.69) is 45.9 Å². The van der Waals surface area contributed by atoms with Gasteiger partial charge < -0.3 is 19.1 Å². The zero-order chi connectivity index (χ0) is 27.5. The number of hydrogen-bond donors (Lipinski definition) is 2. The van der Waals surface area contributed by atoms with E-state index < -0.39 is 5.91 Å². The summed E-state index contributed by atoms with van der Waals surface area (Å²) in [7, 11) is 5.78. The molecule has 15 nitrogen and oxygen atoms in total. The average molecular weight is 648 g/mol. The number of imidazole rings is 1. The van der Waals surface area contributed by atoms with Gasteiger partial charge in [-0.15, -0.1) is 0 Å². The summed E-state index contributed by atoms with van der Waals surface area (Å²) in [4.78, 5) is 38.9.